The van der Waals surface area contributed by atoms with E-state index in [-0.39, 0.29) is 5.76 Å². The average Bonchev–Trinajstić information content (AvgIpc) is 2.76. The maximum atomic E-state index is 9.64. The number of rotatable bonds is 2. The monoisotopic (exact) mass is 235 g/mol. The van der Waals surface area contributed by atoms with E-state index in [2.05, 4.69) is 24.2 Å². The molecule has 0 atom stereocenters. The SMILES string of the molecule is C=Cc1cccc2c1[nH]c1c(C(=C)O)cccc12. The van der Waals surface area contributed by atoms with Crippen molar-refractivity contribution in [1.82, 2.24) is 4.98 Å². The molecule has 0 saturated carbocycles. The van der Waals surface area contributed by atoms with Crippen LogP contribution in [-0.2, 0) is 0 Å². The molecule has 2 nitrogen and oxygen atoms in total. The smallest absolute Gasteiger partial charge is 0.117 e. The van der Waals surface area contributed by atoms with Crippen LogP contribution in [0.1, 0.15) is 11.1 Å². The number of hydrogen-bond acceptors (Lipinski definition) is 1. The number of H-pyrrole nitrogens is 1. The summed E-state index contributed by atoms with van der Waals surface area (Å²) in [5.41, 5.74) is 3.74. The van der Waals surface area contributed by atoms with Gasteiger partial charge in [0.1, 0.15) is 5.76 Å². The van der Waals surface area contributed by atoms with E-state index >= 15 is 0 Å². The quantitative estimate of drug-likeness (QED) is 0.630. The van der Waals surface area contributed by atoms with Crippen molar-refractivity contribution in [1.29, 1.82) is 0 Å². The summed E-state index contributed by atoms with van der Waals surface area (Å²) in [4.78, 5) is 3.36. The number of aliphatic hydroxyl groups excluding tert-OH is 1. The van der Waals surface area contributed by atoms with Gasteiger partial charge in [0.2, 0.25) is 0 Å². The Hall–Kier alpha value is -2.48. The Kier molecular flexibility index (Phi) is 2.23. The van der Waals surface area contributed by atoms with E-state index in [1.807, 2.05) is 36.4 Å². The number of para-hydroxylation sites is 2. The van der Waals surface area contributed by atoms with E-state index in [0.717, 1.165) is 32.9 Å². The highest BCUT2D eigenvalue weighted by atomic mass is 16.3. The predicted molar refractivity (Wildman–Crippen MR) is 77.6 cm³/mol. The van der Waals surface area contributed by atoms with E-state index in [9.17, 15) is 5.11 Å². The summed E-state index contributed by atoms with van der Waals surface area (Å²) in [5, 5.41) is 11.9. The third-order valence-electron chi connectivity index (χ3n) is 3.23. The minimum atomic E-state index is 0.0762. The van der Waals surface area contributed by atoms with Crippen molar-refractivity contribution in [2.45, 2.75) is 0 Å². The Morgan fingerprint density at radius 2 is 1.72 bits per heavy atom. The van der Waals surface area contributed by atoms with Gasteiger partial charge >= 0.3 is 0 Å². The Balaban J connectivity index is 2.54. The second-order valence-electron chi connectivity index (χ2n) is 4.27. The predicted octanol–water partition coefficient (Wildman–Crippen LogP) is 4.49. The molecular weight excluding hydrogens is 222 g/mol. The first-order valence-corrected chi connectivity index (χ1v) is 5.76. The summed E-state index contributed by atoms with van der Waals surface area (Å²) in [6.07, 6.45) is 1.82. The third-order valence-corrected chi connectivity index (χ3v) is 3.23. The van der Waals surface area contributed by atoms with Crippen LogP contribution in [0.2, 0.25) is 0 Å². The van der Waals surface area contributed by atoms with Gasteiger partial charge in [-0.05, 0) is 11.6 Å². The van der Waals surface area contributed by atoms with Crippen LogP contribution in [0.3, 0.4) is 0 Å². The van der Waals surface area contributed by atoms with E-state index < -0.39 is 0 Å². The van der Waals surface area contributed by atoms with Crippen molar-refractivity contribution in [2.75, 3.05) is 0 Å². The lowest BCUT2D eigenvalue weighted by Crippen LogP contribution is -1.82. The zero-order valence-corrected chi connectivity index (χ0v) is 9.90. The summed E-state index contributed by atoms with van der Waals surface area (Å²) in [6.45, 7) is 7.43. The molecule has 0 amide bonds. The lowest BCUT2D eigenvalue weighted by molar-refractivity contribution is 0.514. The maximum absolute atomic E-state index is 9.64. The first-order valence-electron chi connectivity index (χ1n) is 5.76. The second kappa shape index (κ2) is 3.77. The zero-order valence-electron chi connectivity index (χ0n) is 9.90. The minimum Gasteiger partial charge on any atom is -0.508 e. The zero-order chi connectivity index (χ0) is 12.7. The topological polar surface area (TPSA) is 36.0 Å². The molecule has 0 bridgehead atoms. The van der Waals surface area contributed by atoms with Crippen LogP contribution in [0.5, 0.6) is 0 Å². The van der Waals surface area contributed by atoms with E-state index in [4.69, 9.17) is 0 Å². The molecule has 18 heavy (non-hydrogen) atoms. The number of hydrogen-bond donors (Lipinski definition) is 2. The molecule has 1 heterocycles. The second-order valence-corrected chi connectivity index (χ2v) is 4.27. The number of benzene rings is 2. The van der Waals surface area contributed by atoms with Crippen molar-refractivity contribution in [3.63, 3.8) is 0 Å². The van der Waals surface area contributed by atoms with Gasteiger partial charge in [-0.2, -0.15) is 0 Å². The summed E-state index contributed by atoms with van der Waals surface area (Å²) in [7, 11) is 0. The molecule has 2 aromatic carbocycles. The van der Waals surface area contributed by atoms with Crippen LogP contribution < -0.4 is 0 Å². The number of aliphatic hydroxyl groups is 1. The average molecular weight is 235 g/mol. The van der Waals surface area contributed by atoms with E-state index in [1.54, 1.807) is 0 Å². The van der Waals surface area contributed by atoms with Gasteiger partial charge < -0.3 is 10.1 Å². The fourth-order valence-corrected chi connectivity index (χ4v) is 2.38. The molecule has 3 rings (SSSR count). The summed E-state index contributed by atoms with van der Waals surface area (Å²) >= 11 is 0. The highest BCUT2D eigenvalue weighted by Crippen LogP contribution is 2.31. The molecule has 88 valence electrons. The maximum Gasteiger partial charge on any atom is 0.117 e. The standard InChI is InChI=1S/C16H13NO/c1-3-11-6-4-8-13-14-9-5-7-12(10(2)18)16(14)17-15(11)13/h3-9,17-18H,1-2H2. The fraction of sp³-hybridized carbons (Fsp3) is 0. The molecule has 0 radical (unpaired) electrons. The molecule has 0 aliphatic heterocycles. The van der Waals surface area contributed by atoms with Gasteiger partial charge in [0.25, 0.3) is 0 Å². The highest BCUT2D eigenvalue weighted by molar-refractivity contribution is 6.11. The van der Waals surface area contributed by atoms with Gasteiger partial charge in [0.15, 0.2) is 0 Å². The van der Waals surface area contributed by atoms with Crippen molar-refractivity contribution in [3.8, 4) is 0 Å². The number of fused-ring (bicyclic) bond motifs is 3. The Morgan fingerprint density at radius 1 is 1.06 bits per heavy atom. The molecule has 0 saturated heterocycles. The van der Waals surface area contributed by atoms with Crippen molar-refractivity contribution >= 4 is 33.6 Å². The van der Waals surface area contributed by atoms with Crippen molar-refractivity contribution in [3.05, 3.63) is 60.7 Å². The van der Waals surface area contributed by atoms with Gasteiger partial charge in [-0.1, -0.05) is 49.6 Å². The summed E-state index contributed by atoms with van der Waals surface area (Å²) in [6, 6.07) is 11.9. The largest absolute Gasteiger partial charge is 0.508 e. The Labute approximate surface area is 105 Å². The van der Waals surface area contributed by atoms with Gasteiger partial charge in [-0.3, -0.25) is 0 Å². The molecule has 2 heteroatoms. The number of aromatic nitrogens is 1. The number of nitrogens with one attached hydrogen (secondary N) is 1. The van der Waals surface area contributed by atoms with Crippen LogP contribution >= 0.6 is 0 Å². The van der Waals surface area contributed by atoms with E-state index in [1.165, 1.54) is 0 Å². The first kappa shape index (κ1) is 10.7. The molecule has 1 aromatic heterocycles. The first-order chi connectivity index (χ1) is 8.72. The number of aromatic amines is 1. The molecule has 0 aliphatic carbocycles. The highest BCUT2D eigenvalue weighted by Gasteiger charge is 2.10. The van der Waals surface area contributed by atoms with Crippen LogP contribution in [-0.4, -0.2) is 10.1 Å². The van der Waals surface area contributed by atoms with Crippen LogP contribution in [0.4, 0.5) is 0 Å². The minimum absolute atomic E-state index is 0.0762. The van der Waals surface area contributed by atoms with Crippen molar-refractivity contribution in [2.24, 2.45) is 0 Å². The molecule has 2 N–H and O–H groups in total. The fourth-order valence-electron chi connectivity index (χ4n) is 2.38. The molecule has 0 aliphatic rings. The van der Waals surface area contributed by atoms with Crippen LogP contribution in [0.25, 0.3) is 33.6 Å². The summed E-state index contributed by atoms with van der Waals surface area (Å²) < 4.78 is 0. The summed E-state index contributed by atoms with van der Waals surface area (Å²) in [5.74, 6) is 0.0762. The lowest BCUT2D eigenvalue weighted by Gasteiger charge is -1.99. The van der Waals surface area contributed by atoms with Gasteiger partial charge in [0, 0.05) is 16.3 Å². The Bertz CT molecular complexity index is 780. The van der Waals surface area contributed by atoms with E-state index in [0.29, 0.717) is 0 Å². The van der Waals surface area contributed by atoms with Crippen molar-refractivity contribution < 1.29 is 5.11 Å². The Morgan fingerprint density at radius 3 is 2.39 bits per heavy atom. The molecule has 0 fully saturated rings. The van der Waals surface area contributed by atoms with Gasteiger partial charge in [-0.25, -0.2) is 0 Å². The third kappa shape index (κ3) is 1.36. The molecular formula is C16H13NO. The molecule has 0 unspecified atom stereocenters. The van der Waals surface area contributed by atoms with Crippen LogP contribution in [0, 0.1) is 0 Å². The van der Waals surface area contributed by atoms with Crippen LogP contribution in [0.15, 0.2) is 49.6 Å². The molecule has 0 spiro atoms. The molecule has 3 aromatic rings. The van der Waals surface area contributed by atoms with Gasteiger partial charge in [-0.15, -0.1) is 0 Å². The normalized spacial score (nSPS) is 10.9. The lowest BCUT2D eigenvalue weighted by atomic mass is 10.1. The van der Waals surface area contributed by atoms with Gasteiger partial charge in [0.05, 0.1) is 11.0 Å².